The van der Waals surface area contributed by atoms with Gasteiger partial charge in [0.1, 0.15) is 11.0 Å². The molecule has 7 heteroatoms. The molecule has 1 aromatic heterocycles. The Bertz CT molecular complexity index is 1080. The zero-order chi connectivity index (χ0) is 20.9. The minimum atomic E-state index is -3.74. The van der Waals surface area contributed by atoms with Crippen molar-refractivity contribution in [1.29, 1.82) is 0 Å². The molecule has 0 spiro atoms. The Morgan fingerprint density at radius 3 is 2.52 bits per heavy atom. The Hall–Kier alpha value is -3.19. The van der Waals surface area contributed by atoms with Crippen LogP contribution in [0.5, 0.6) is 5.75 Å². The molecule has 0 aliphatic carbocycles. The van der Waals surface area contributed by atoms with Crippen LogP contribution in [0.15, 0.2) is 78.0 Å². The second-order valence-corrected chi connectivity index (χ2v) is 8.71. The molecule has 0 aliphatic rings. The van der Waals surface area contributed by atoms with Gasteiger partial charge in [0.15, 0.2) is 9.84 Å². The van der Waals surface area contributed by atoms with E-state index in [9.17, 15) is 13.2 Å². The fourth-order valence-electron chi connectivity index (χ4n) is 2.92. The van der Waals surface area contributed by atoms with Crippen molar-refractivity contribution in [2.75, 3.05) is 13.7 Å². The van der Waals surface area contributed by atoms with Crippen LogP contribution >= 0.6 is 0 Å². The van der Waals surface area contributed by atoms with E-state index in [1.54, 1.807) is 66.9 Å². The molecule has 150 valence electrons. The van der Waals surface area contributed by atoms with Crippen molar-refractivity contribution in [3.63, 3.8) is 0 Å². The average Bonchev–Trinajstić information content (AvgIpc) is 2.74. The number of carbonyl (C=O) groups excluding carboxylic acids is 1. The van der Waals surface area contributed by atoms with Gasteiger partial charge in [-0.1, -0.05) is 29.8 Å². The summed E-state index contributed by atoms with van der Waals surface area (Å²) in [6, 6.07) is 16.7. The molecule has 3 rings (SSSR count). The molecule has 1 atom stereocenters. The molecule has 1 amide bonds. The SMILES string of the molecule is COc1cccc(C(=O)NCC(c2cccnc2)S(=O)(=O)c2ccc(C)cc2)c1. The fraction of sp³-hybridized carbons (Fsp3) is 0.182. The van der Waals surface area contributed by atoms with Crippen LogP contribution in [0, 0.1) is 6.92 Å². The maximum atomic E-state index is 13.3. The molecule has 0 fully saturated rings. The summed E-state index contributed by atoms with van der Waals surface area (Å²) in [7, 11) is -2.22. The highest BCUT2D eigenvalue weighted by atomic mass is 32.2. The number of nitrogens with one attached hydrogen (secondary N) is 1. The van der Waals surface area contributed by atoms with Crippen LogP contribution < -0.4 is 10.1 Å². The van der Waals surface area contributed by atoms with E-state index < -0.39 is 15.1 Å². The van der Waals surface area contributed by atoms with Gasteiger partial charge in [-0.2, -0.15) is 0 Å². The number of amides is 1. The van der Waals surface area contributed by atoms with E-state index in [2.05, 4.69) is 10.3 Å². The molecule has 1 N–H and O–H groups in total. The maximum Gasteiger partial charge on any atom is 0.251 e. The number of pyridine rings is 1. The van der Waals surface area contributed by atoms with Crippen LogP contribution in [0.3, 0.4) is 0 Å². The van der Waals surface area contributed by atoms with Crippen molar-refractivity contribution in [2.45, 2.75) is 17.1 Å². The first-order valence-corrected chi connectivity index (χ1v) is 10.6. The lowest BCUT2D eigenvalue weighted by Gasteiger charge is -2.19. The summed E-state index contributed by atoms with van der Waals surface area (Å²) in [5, 5.41) is 1.77. The predicted octanol–water partition coefficient (Wildman–Crippen LogP) is 3.34. The van der Waals surface area contributed by atoms with Crippen LogP contribution in [-0.4, -0.2) is 33.0 Å². The number of methoxy groups -OCH3 is 1. The molecule has 0 radical (unpaired) electrons. The van der Waals surface area contributed by atoms with Gasteiger partial charge in [-0.3, -0.25) is 9.78 Å². The third-order valence-electron chi connectivity index (χ3n) is 4.56. The molecular weight excluding hydrogens is 388 g/mol. The summed E-state index contributed by atoms with van der Waals surface area (Å²) in [4.78, 5) is 16.8. The molecule has 1 heterocycles. The van der Waals surface area contributed by atoms with Gasteiger partial charge in [-0.25, -0.2) is 8.42 Å². The lowest BCUT2D eigenvalue weighted by molar-refractivity contribution is 0.0953. The molecule has 1 unspecified atom stereocenters. The number of nitrogens with zero attached hydrogens (tertiary/aromatic N) is 1. The molecule has 2 aromatic carbocycles. The number of hydrogen-bond donors (Lipinski definition) is 1. The predicted molar refractivity (Wildman–Crippen MR) is 111 cm³/mol. The summed E-state index contributed by atoms with van der Waals surface area (Å²) >= 11 is 0. The number of benzene rings is 2. The largest absolute Gasteiger partial charge is 0.497 e. The Kier molecular flexibility index (Phi) is 6.29. The summed E-state index contributed by atoms with van der Waals surface area (Å²) in [5.41, 5.74) is 1.87. The van der Waals surface area contributed by atoms with Crippen molar-refractivity contribution in [3.8, 4) is 5.75 Å². The van der Waals surface area contributed by atoms with E-state index in [1.165, 1.54) is 13.3 Å². The van der Waals surface area contributed by atoms with E-state index >= 15 is 0 Å². The Morgan fingerprint density at radius 2 is 1.86 bits per heavy atom. The monoisotopic (exact) mass is 410 g/mol. The fourth-order valence-corrected chi connectivity index (χ4v) is 4.56. The lowest BCUT2D eigenvalue weighted by atomic mass is 10.2. The summed E-state index contributed by atoms with van der Waals surface area (Å²) < 4.78 is 31.7. The van der Waals surface area contributed by atoms with E-state index in [4.69, 9.17) is 4.74 Å². The normalized spacial score (nSPS) is 12.2. The zero-order valence-electron chi connectivity index (χ0n) is 16.2. The molecule has 0 saturated carbocycles. The van der Waals surface area contributed by atoms with E-state index in [0.29, 0.717) is 16.9 Å². The molecule has 0 bridgehead atoms. The van der Waals surface area contributed by atoms with Gasteiger partial charge in [0, 0.05) is 24.5 Å². The van der Waals surface area contributed by atoms with Gasteiger partial charge in [-0.05, 0) is 48.9 Å². The third kappa shape index (κ3) is 4.81. The van der Waals surface area contributed by atoms with Crippen LogP contribution in [0.2, 0.25) is 0 Å². The highest BCUT2D eigenvalue weighted by molar-refractivity contribution is 7.91. The Balaban J connectivity index is 1.88. The number of aryl methyl sites for hydroxylation is 1. The van der Waals surface area contributed by atoms with Crippen molar-refractivity contribution < 1.29 is 17.9 Å². The van der Waals surface area contributed by atoms with Crippen molar-refractivity contribution in [3.05, 3.63) is 89.7 Å². The second kappa shape index (κ2) is 8.87. The third-order valence-corrected chi connectivity index (χ3v) is 6.68. The standard InChI is InChI=1S/C22H22N2O4S/c1-16-8-10-20(11-9-16)29(26,27)21(18-6-4-12-23-14-18)15-24-22(25)17-5-3-7-19(13-17)28-2/h3-14,21H,15H2,1-2H3,(H,24,25). The number of rotatable bonds is 7. The number of ether oxygens (including phenoxy) is 1. The number of sulfone groups is 1. The first-order valence-electron chi connectivity index (χ1n) is 9.04. The van der Waals surface area contributed by atoms with Crippen molar-refractivity contribution in [1.82, 2.24) is 10.3 Å². The van der Waals surface area contributed by atoms with Crippen molar-refractivity contribution >= 4 is 15.7 Å². The van der Waals surface area contributed by atoms with Crippen LogP contribution in [-0.2, 0) is 9.84 Å². The molecule has 3 aromatic rings. The number of hydrogen-bond acceptors (Lipinski definition) is 5. The van der Waals surface area contributed by atoms with E-state index in [1.807, 2.05) is 6.92 Å². The molecule has 0 saturated heterocycles. The summed E-state index contributed by atoms with van der Waals surface area (Å²) in [5.74, 6) is 0.172. The molecular formula is C22H22N2O4S. The maximum absolute atomic E-state index is 13.3. The average molecular weight is 410 g/mol. The first kappa shape index (κ1) is 20.5. The van der Waals surface area contributed by atoms with Crippen LogP contribution in [0.4, 0.5) is 0 Å². The summed E-state index contributed by atoms with van der Waals surface area (Å²) in [6.07, 6.45) is 3.09. The molecule has 6 nitrogen and oxygen atoms in total. The van der Waals surface area contributed by atoms with Gasteiger partial charge >= 0.3 is 0 Å². The highest BCUT2D eigenvalue weighted by Crippen LogP contribution is 2.28. The minimum absolute atomic E-state index is 0.0854. The Labute approximate surface area is 170 Å². The first-order chi connectivity index (χ1) is 13.9. The van der Waals surface area contributed by atoms with Gasteiger partial charge in [0.2, 0.25) is 0 Å². The van der Waals surface area contributed by atoms with E-state index in [-0.39, 0.29) is 17.3 Å². The zero-order valence-corrected chi connectivity index (χ0v) is 17.0. The second-order valence-electron chi connectivity index (χ2n) is 6.58. The molecule has 29 heavy (non-hydrogen) atoms. The smallest absolute Gasteiger partial charge is 0.251 e. The molecule has 0 aliphatic heterocycles. The lowest BCUT2D eigenvalue weighted by Crippen LogP contribution is -2.32. The van der Waals surface area contributed by atoms with Gasteiger partial charge in [0.05, 0.1) is 12.0 Å². The number of carbonyl (C=O) groups is 1. The van der Waals surface area contributed by atoms with Crippen molar-refractivity contribution in [2.24, 2.45) is 0 Å². The van der Waals surface area contributed by atoms with Crippen LogP contribution in [0.25, 0.3) is 0 Å². The number of aromatic nitrogens is 1. The topological polar surface area (TPSA) is 85.4 Å². The van der Waals surface area contributed by atoms with E-state index in [0.717, 1.165) is 5.56 Å². The Morgan fingerprint density at radius 1 is 1.10 bits per heavy atom. The summed E-state index contributed by atoms with van der Waals surface area (Å²) in [6.45, 7) is 1.81. The van der Waals surface area contributed by atoms with Gasteiger partial charge in [0.25, 0.3) is 5.91 Å². The quantitative estimate of drug-likeness (QED) is 0.646. The minimum Gasteiger partial charge on any atom is -0.497 e. The highest BCUT2D eigenvalue weighted by Gasteiger charge is 2.30. The van der Waals surface area contributed by atoms with Gasteiger partial charge in [-0.15, -0.1) is 0 Å². The van der Waals surface area contributed by atoms with Gasteiger partial charge < -0.3 is 10.1 Å². The van der Waals surface area contributed by atoms with Crippen LogP contribution in [0.1, 0.15) is 26.7 Å².